The van der Waals surface area contributed by atoms with E-state index in [-0.39, 0.29) is 41.3 Å². The molecule has 0 spiro atoms. The van der Waals surface area contributed by atoms with E-state index in [1.54, 1.807) is 18.2 Å². The van der Waals surface area contributed by atoms with Crippen molar-refractivity contribution >= 4 is 16.7 Å². The molecule has 3 aliphatic rings. The molecule has 5 rings (SSSR count). The van der Waals surface area contributed by atoms with Gasteiger partial charge in [0.1, 0.15) is 11.3 Å². The van der Waals surface area contributed by atoms with Gasteiger partial charge in [0.05, 0.1) is 12.0 Å². The van der Waals surface area contributed by atoms with E-state index < -0.39 is 17.7 Å². The minimum atomic E-state index is -4.51. The van der Waals surface area contributed by atoms with Crippen molar-refractivity contribution in [3.05, 3.63) is 41.5 Å². The second-order valence-corrected chi connectivity index (χ2v) is 11.1. The molecule has 0 aromatic heterocycles. The van der Waals surface area contributed by atoms with E-state index in [1.165, 1.54) is 6.07 Å². The lowest BCUT2D eigenvalue weighted by Gasteiger charge is -2.41. The lowest BCUT2D eigenvalue weighted by Crippen LogP contribution is -2.45. The van der Waals surface area contributed by atoms with Gasteiger partial charge in [-0.25, -0.2) is 0 Å². The number of aliphatic carboxylic acids is 1. The molecular formula is C29H36F3NO3. The summed E-state index contributed by atoms with van der Waals surface area (Å²) in [5.41, 5.74) is 0.284. The highest BCUT2D eigenvalue weighted by Crippen LogP contribution is 2.46. The zero-order chi connectivity index (χ0) is 25.6. The quantitative estimate of drug-likeness (QED) is 0.441. The van der Waals surface area contributed by atoms with E-state index in [2.05, 4.69) is 18.7 Å². The summed E-state index contributed by atoms with van der Waals surface area (Å²) in [4.78, 5) is 13.9. The number of carboxylic acid groups (broad SMARTS) is 1. The monoisotopic (exact) mass is 503 g/mol. The summed E-state index contributed by atoms with van der Waals surface area (Å²) >= 11 is 0. The number of nitrogens with zero attached hydrogens (tertiary/aromatic N) is 1. The summed E-state index contributed by atoms with van der Waals surface area (Å²) in [5, 5.41) is 10.2. The Labute approximate surface area is 210 Å². The highest BCUT2D eigenvalue weighted by molar-refractivity contribution is 5.89. The Hall–Kier alpha value is -2.28. The third-order valence-corrected chi connectivity index (χ3v) is 9.02. The van der Waals surface area contributed by atoms with Crippen LogP contribution in [0.25, 0.3) is 10.8 Å². The van der Waals surface area contributed by atoms with Crippen molar-refractivity contribution < 1.29 is 27.8 Å². The summed E-state index contributed by atoms with van der Waals surface area (Å²) in [6.07, 6.45) is 3.26. The van der Waals surface area contributed by atoms with Crippen molar-refractivity contribution in [3.63, 3.8) is 0 Å². The largest absolute Gasteiger partial charge is 0.490 e. The fourth-order valence-electron chi connectivity index (χ4n) is 7.04. The van der Waals surface area contributed by atoms with E-state index >= 15 is 0 Å². The molecule has 2 aliphatic heterocycles. The highest BCUT2D eigenvalue weighted by atomic mass is 19.4. The molecule has 2 unspecified atom stereocenters. The first kappa shape index (κ1) is 25.4. The van der Waals surface area contributed by atoms with Crippen LogP contribution in [0.15, 0.2) is 30.3 Å². The molecule has 7 heteroatoms. The second kappa shape index (κ2) is 9.88. The number of alkyl halides is 3. The van der Waals surface area contributed by atoms with Gasteiger partial charge in [0.25, 0.3) is 0 Å². The molecule has 196 valence electrons. The molecule has 1 N–H and O–H groups in total. The topological polar surface area (TPSA) is 49.8 Å². The van der Waals surface area contributed by atoms with Crippen molar-refractivity contribution in [2.45, 2.75) is 102 Å². The van der Waals surface area contributed by atoms with Crippen LogP contribution in [0.1, 0.15) is 88.8 Å². The van der Waals surface area contributed by atoms with Crippen molar-refractivity contribution in [3.8, 4) is 5.75 Å². The first-order chi connectivity index (χ1) is 17.2. The van der Waals surface area contributed by atoms with Crippen LogP contribution in [0.5, 0.6) is 5.75 Å². The van der Waals surface area contributed by atoms with Gasteiger partial charge in [-0.15, -0.1) is 0 Å². The molecule has 2 bridgehead atoms. The number of halogens is 3. The van der Waals surface area contributed by atoms with Gasteiger partial charge in [-0.05, 0) is 92.7 Å². The zero-order valence-electron chi connectivity index (χ0n) is 21.1. The predicted octanol–water partition coefficient (Wildman–Crippen LogP) is 7.59. The van der Waals surface area contributed by atoms with Gasteiger partial charge in [-0.1, -0.05) is 31.5 Å². The number of hydrogen-bond donors (Lipinski definition) is 1. The predicted molar refractivity (Wildman–Crippen MR) is 133 cm³/mol. The molecule has 36 heavy (non-hydrogen) atoms. The van der Waals surface area contributed by atoms with Gasteiger partial charge >= 0.3 is 12.1 Å². The van der Waals surface area contributed by atoms with Crippen molar-refractivity contribution in [2.24, 2.45) is 11.8 Å². The van der Waals surface area contributed by atoms with Gasteiger partial charge in [0, 0.05) is 18.1 Å². The van der Waals surface area contributed by atoms with Gasteiger partial charge in [-0.2, -0.15) is 13.2 Å². The van der Waals surface area contributed by atoms with Crippen molar-refractivity contribution in [1.82, 2.24) is 4.90 Å². The molecule has 3 atom stereocenters. The van der Waals surface area contributed by atoms with Crippen LogP contribution in [-0.4, -0.2) is 34.2 Å². The number of carbonyl (C=O) groups is 1. The number of piperidine rings is 1. The molecule has 4 nitrogen and oxygen atoms in total. The maximum absolute atomic E-state index is 14.3. The molecule has 2 saturated heterocycles. The Morgan fingerprint density at radius 3 is 2.31 bits per heavy atom. The summed E-state index contributed by atoms with van der Waals surface area (Å²) in [7, 11) is 0. The number of ether oxygens (including phenoxy) is 1. The van der Waals surface area contributed by atoms with E-state index in [4.69, 9.17) is 4.74 Å². The molecule has 0 radical (unpaired) electrons. The normalized spacial score (nSPS) is 29.9. The number of fused-ring (bicyclic) bond motifs is 3. The van der Waals surface area contributed by atoms with Crippen LogP contribution < -0.4 is 4.74 Å². The Bertz CT molecular complexity index is 1090. The maximum Gasteiger partial charge on any atom is 0.420 e. The summed E-state index contributed by atoms with van der Waals surface area (Å²) < 4.78 is 48.8. The first-order valence-electron chi connectivity index (χ1n) is 13.5. The summed E-state index contributed by atoms with van der Waals surface area (Å²) in [5.74, 6) is -0.438. The van der Waals surface area contributed by atoms with Gasteiger partial charge in [-0.3, -0.25) is 9.69 Å². The Morgan fingerprint density at radius 2 is 1.72 bits per heavy atom. The fraction of sp³-hybridized carbons (Fsp3) is 0.621. The average Bonchev–Trinajstić information content (AvgIpc) is 3.11. The standard InChI is InChI=1S/C29H36F3NO3/c1-3-18-4-10-24(11-5-18)36-26-13-7-20-14-19(6-12-25(20)27(26)29(30,31)32)17(2)33-22-8-9-23(33)16-21(15-22)28(34)35/h6-7,12-14,17-18,21-24H,3-5,8-11,15-16H2,1-2H3,(H,34,35)/t17-,18?,21?,22?,23?,24?/m0/s1. The van der Waals surface area contributed by atoms with Crippen LogP contribution in [0.4, 0.5) is 13.2 Å². The average molecular weight is 504 g/mol. The first-order valence-corrected chi connectivity index (χ1v) is 13.5. The smallest absolute Gasteiger partial charge is 0.420 e. The van der Waals surface area contributed by atoms with E-state index in [1.807, 2.05) is 6.07 Å². The fourth-order valence-corrected chi connectivity index (χ4v) is 7.04. The van der Waals surface area contributed by atoms with E-state index in [0.717, 1.165) is 50.5 Å². The number of carboxylic acids is 1. The molecule has 3 fully saturated rings. The van der Waals surface area contributed by atoms with Crippen LogP contribution in [0, 0.1) is 11.8 Å². The van der Waals surface area contributed by atoms with Gasteiger partial charge < -0.3 is 9.84 Å². The summed E-state index contributed by atoms with van der Waals surface area (Å²) in [6, 6.07) is 8.94. The van der Waals surface area contributed by atoms with Crippen LogP contribution in [0.2, 0.25) is 0 Å². The number of benzene rings is 2. The summed E-state index contributed by atoms with van der Waals surface area (Å²) in [6.45, 7) is 4.25. The lowest BCUT2D eigenvalue weighted by atomic mass is 9.86. The molecule has 1 saturated carbocycles. The van der Waals surface area contributed by atoms with E-state index in [0.29, 0.717) is 24.1 Å². The minimum Gasteiger partial charge on any atom is -0.490 e. The molecule has 2 aromatic carbocycles. The molecule has 2 heterocycles. The van der Waals surface area contributed by atoms with Crippen LogP contribution in [-0.2, 0) is 11.0 Å². The molecule has 1 aliphatic carbocycles. The van der Waals surface area contributed by atoms with E-state index in [9.17, 15) is 23.1 Å². The third-order valence-electron chi connectivity index (χ3n) is 9.02. The van der Waals surface area contributed by atoms with Crippen molar-refractivity contribution in [2.75, 3.05) is 0 Å². The lowest BCUT2D eigenvalue weighted by molar-refractivity contribution is -0.144. The van der Waals surface area contributed by atoms with Crippen LogP contribution in [0.3, 0.4) is 0 Å². The van der Waals surface area contributed by atoms with Crippen molar-refractivity contribution in [1.29, 1.82) is 0 Å². The van der Waals surface area contributed by atoms with Crippen LogP contribution >= 0.6 is 0 Å². The third kappa shape index (κ3) is 4.83. The highest BCUT2D eigenvalue weighted by Gasteiger charge is 2.45. The molecule has 0 amide bonds. The Kier molecular flexibility index (Phi) is 6.96. The molecule has 2 aromatic rings. The maximum atomic E-state index is 14.3. The minimum absolute atomic E-state index is 0.0145. The SMILES string of the molecule is CCC1CCC(Oc2ccc3cc([C@H](C)N4C5CCC4CC(C(=O)O)C5)ccc3c2C(F)(F)F)CC1. The van der Waals surface area contributed by atoms with Gasteiger partial charge in [0.2, 0.25) is 0 Å². The zero-order valence-corrected chi connectivity index (χ0v) is 21.1. The Morgan fingerprint density at radius 1 is 1.06 bits per heavy atom. The Balaban J connectivity index is 1.41. The number of hydrogen-bond acceptors (Lipinski definition) is 3. The van der Waals surface area contributed by atoms with Gasteiger partial charge in [0.15, 0.2) is 0 Å². The number of rotatable bonds is 6. The molecular weight excluding hydrogens is 467 g/mol. The second-order valence-electron chi connectivity index (χ2n) is 11.1.